The van der Waals surface area contributed by atoms with E-state index in [2.05, 4.69) is 72.0 Å². The van der Waals surface area contributed by atoms with E-state index in [-0.39, 0.29) is 6.04 Å². The summed E-state index contributed by atoms with van der Waals surface area (Å²) in [6.45, 7) is 1.07. The predicted molar refractivity (Wildman–Crippen MR) is 105 cm³/mol. The molecule has 0 aromatic heterocycles. The molecule has 3 aromatic carbocycles. The van der Waals surface area contributed by atoms with Crippen molar-refractivity contribution in [2.45, 2.75) is 18.9 Å². The van der Waals surface area contributed by atoms with Crippen molar-refractivity contribution in [3.8, 4) is 11.1 Å². The van der Waals surface area contributed by atoms with Gasteiger partial charge in [0.25, 0.3) is 0 Å². The highest BCUT2D eigenvalue weighted by molar-refractivity contribution is 5.63. The minimum Gasteiger partial charge on any atom is -0.399 e. The quantitative estimate of drug-likeness (QED) is 0.623. The van der Waals surface area contributed by atoms with Gasteiger partial charge in [0.2, 0.25) is 0 Å². The third-order valence-corrected chi connectivity index (χ3v) is 4.90. The largest absolute Gasteiger partial charge is 0.399 e. The molecule has 1 aliphatic rings. The number of benzene rings is 3. The maximum Gasteiger partial charge on any atom is 0.0577 e. The van der Waals surface area contributed by atoms with E-state index in [9.17, 15) is 0 Å². The zero-order valence-electron chi connectivity index (χ0n) is 14.4. The lowest BCUT2D eigenvalue weighted by Gasteiger charge is -2.21. The van der Waals surface area contributed by atoms with Crippen molar-refractivity contribution in [3.05, 3.63) is 90.0 Å². The summed E-state index contributed by atoms with van der Waals surface area (Å²) in [5.74, 6) is 0.840. The van der Waals surface area contributed by atoms with E-state index in [0.29, 0.717) is 0 Å². The van der Waals surface area contributed by atoms with Crippen LogP contribution < -0.4 is 11.1 Å². The molecule has 1 atom stereocenters. The van der Waals surface area contributed by atoms with Crippen LogP contribution in [0.1, 0.15) is 30.0 Å². The van der Waals surface area contributed by atoms with Crippen LogP contribution in [0.2, 0.25) is 0 Å². The summed E-state index contributed by atoms with van der Waals surface area (Å²) in [6, 6.07) is 27.8. The van der Waals surface area contributed by atoms with E-state index in [0.717, 1.165) is 18.2 Å². The van der Waals surface area contributed by atoms with Gasteiger partial charge in [-0.15, -0.1) is 0 Å². The molecule has 0 amide bonds. The molecule has 0 heterocycles. The first-order valence-electron chi connectivity index (χ1n) is 9.04. The molecule has 25 heavy (non-hydrogen) atoms. The molecule has 1 unspecified atom stereocenters. The topological polar surface area (TPSA) is 38.0 Å². The average molecular weight is 328 g/mol. The van der Waals surface area contributed by atoms with Crippen molar-refractivity contribution >= 4 is 5.69 Å². The first-order valence-corrected chi connectivity index (χ1v) is 9.04. The number of hydrogen-bond donors (Lipinski definition) is 2. The number of anilines is 1. The standard InChI is InChI=1S/C23H24N2/c24-22-8-4-7-21(15-22)23(25-16-17-9-10-17)20-13-11-19(12-14-20)18-5-2-1-3-6-18/h1-8,11-15,17,23,25H,9-10,16,24H2. The number of hydrogen-bond acceptors (Lipinski definition) is 2. The van der Waals surface area contributed by atoms with Crippen LogP contribution in [-0.2, 0) is 0 Å². The van der Waals surface area contributed by atoms with Gasteiger partial charge >= 0.3 is 0 Å². The maximum absolute atomic E-state index is 6.02. The van der Waals surface area contributed by atoms with Crippen molar-refractivity contribution in [2.75, 3.05) is 12.3 Å². The molecule has 4 rings (SSSR count). The molecule has 1 saturated carbocycles. The lowest BCUT2D eigenvalue weighted by atomic mass is 9.95. The summed E-state index contributed by atoms with van der Waals surface area (Å²) in [4.78, 5) is 0. The summed E-state index contributed by atoms with van der Waals surface area (Å²) in [5.41, 5.74) is 11.8. The molecule has 0 radical (unpaired) electrons. The molecule has 3 N–H and O–H groups in total. The molecule has 2 nitrogen and oxygen atoms in total. The van der Waals surface area contributed by atoms with E-state index < -0.39 is 0 Å². The highest BCUT2D eigenvalue weighted by atomic mass is 14.9. The lowest BCUT2D eigenvalue weighted by molar-refractivity contribution is 0.573. The molecule has 1 fully saturated rings. The van der Waals surface area contributed by atoms with Crippen molar-refractivity contribution in [2.24, 2.45) is 5.92 Å². The van der Waals surface area contributed by atoms with Crippen LogP contribution in [-0.4, -0.2) is 6.54 Å². The molecule has 1 aliphatic carbocycles. The molecule has 0 saturated heterocycles. The molecule has 0 aliphatic heterocycles. The van der Waals surface area contributed by atoms with Gasteiger partial charge < -0.3 is 11.1 Å². The third-order valence-electron chi connectivity index (χ3n) is 4.90. The normalized spacial score (nSPS) is 15.0. The Hall–Kier alpha value is -2.58. The van der Waals surface area contributed by atoms with Crippen molar-refractivity contribution in [3.63, 3.8) is 0 Å². The second kappa shape index (κ2) is 7.12. The zero-order valence-corrected chi connectivity index (χ0v) is 14.4. The van der Waals surface area contributed by atoms with Gasteiger partial charge in [0.05, 0.1) is 6.04 Å². The molecular weight excluding hydrogens is 304 g/mol. The Kier molecular flexibility index (Phi) is 4.53. The van der Waals surface area contributed by atoms with Crippen LogP contribution in [0.4, 0.5) is 5.69 Å². The van der Waals surface area contributed by atoms with Crippen molar-refractivity contribution in [1.82, 2.24) is 5.32 Å². The summed E-state index contributed by atoms with van der Waals surface area (Å²) in [7, 11) is 0. The molecule has 126 valence electrons. The van der Waals surface area contributed by atoms with Gasteiger partial charge in [-0.2, -0.15) is 0 Å². The van der Waals surface area contributed by atoms with Crippen LogP contribution in [0, 0.1) is 5.92 Å². The fourth-order valence-corrected chi connectivity index (χ4v) is 3.27. The Morgan fingerprint density at radius 1 is 0.800 bits per heavy atom. The fourth-order valence-electron chi connectivity index (χ4n) is 3.27. The van der Waals surface area contributed by atoms with Crippen molar-refractivity contribution < 1.29 is 0 Å². The fraction of sp³-hybridized carbons (Fsp3) is 0.217. The van der Waals surface area contributed by atoms with Gasteiger partial charge in [-0.3, -0.25) is 0 Å². The van der Waals surface area contributed by atoms with Crippen LogP contribution in [0.15, 0.2) is 78.9 Å². The minimum absolute atomic E-state index is 0.189. The molecule has 2 heteroatoms. The summed E-state index contributed by atoms with van der Waals surface area (Å²) >= 11 is 0. The maximum atomic E-state index is 6.02. The van der Waals surface area contributed by atoms with E-state index in [1.54, 1.807) is 0 Å². The van der Waals surface area contributed by atoms with E-state index in [1.807, 2.05) is 12.1 Å². The number of rotatable bonds is 6. The van der Waals surface area contributed by atoms with Gasteiger partial charge in [0.15, 0.2) is 0 Å². The van der Waals surface area contributed by atoms with E-state index in [1.165, 1.54) is 35.1 Å². The van der Waals surface area contributed by atoms with Crippen LogP contribution in [0.5, 0.6) is 0 Å². The molecule has 0 spiro atoms. The lowest BCUT2D eigenvalue weighted by Crippen LogP contribution is -2.24. The number of nitrogen functional groups attached to an aromatic ring is 1. The van der Waals surface area contributed by atoms with Gasteiger partial charge in [0, 0.05) is 5.69 Å². The van der Waals surface area contributed by atoms with Gasteiger partial charge in [-0.05, 0) is 59.7 Å². The van der Waals surface area contributed by atoms with E-state index >= 15 is 0 Å². The van der Waals surface area contributed by atoms with Gasteiger partial charge in [-0.1, -0.05) is 66.7 Å². The molecule has 0 bridgehead atoms. The smallest absolute Gasteiger partial charge is 0.0577 e. The Morgan fingerprint density at radius 3 is 2.20 bits per heavy atom. The molecule has 3 aromatic rings. The number of nitrogens with one attached hydrogen (secondary N) is 1. The minimum atomic E-state index is 0.189. The highest BCUT2D eigenvalue weighted by Crippen LogP contribution is 2.31. The van der Waals surface area contributed by atoms with Crippen LogP contribution in [0.3, 0.4) is 0 Å². The van der Waals surface area contributed by atoms with Gasteiger partial charge in [-0.25, -0.2) is 0 Å². The second-order valence-corrected chi connectivity index (χ2v) is 6.94. The Labute approximate surface area is 149 Å². The first-order chi connectivity index (χ1) is 12.3. The zero-order chi connectivity index (χ0) is 17.1. The monoisotopic (exact) mass is 328 g/mol. The third kappa shape index (κ3) is 3.92. The Bertz CT molecular complexity index is 820. The SMILES string of the molecule is Nc1cccc(C(NCC2CC2)c2ccc(-c3ccccc3)cc2)c1. The van der Waals surface area contributed by atoms with Crippen molar-refractivity contribution in [1.29, 1.82) is 0 Å². The second-order valence-electron chi connectivity index (χ2n) is 6.94. The predicted octanol–water partition coefficient (Wildman–Crippen LogP) is 5.02. The first kappa shape index (κ1) is 15.9. The van der Waals surface area contributed by atoms with Gasteiger partial charge in [0.1, 0.15) is 0 Å². The summed E-state index contributed by atoms with van der Waals surface area (Å²) in [5, 5.41) is 3.75. The van der Waals surface area contributed by atoms with Crippen LogP contribution in [0.25, 0.3) is 11.1 Å². The van der Waals surface area contributed by atoms with E-state index in [4.69, 9.17) is 5.73 Å². The highest BCUT2D eigenvalue weighted by Gasteiger charge is 2.23. The Balaban J connectivity index is 1.61. The number of nitrogens with two attached hydrogens (primary N) is 1. The summed E-state index contributed by atoms with van der Waals surface area (Å²) in [6.07, 6.45) is 2.70. The summed E-state index contributed by atoms with van der Waals surface area (Å²) < 4.78 is 0. The molecular formula is C23H24N2. The Morgan fingerprint density at radius 2 is 1.52 bits per heavy atom. The average Bonchev–Trinajstić information content (AvgIpc) is 3.48. The van der Waals surface area contributed by atoms with Crippen LogP contribution >= 0.6 is 0 Å².